The molecule has 0 spiro atoms. The molecule has 3 N–H and O–H groups in total. The Morgan fingerprint density at radius 2 is 1.56 bits per heavy atom. The van der Waals surface area contributed by atoms with Crippen molar-refractivity contribution < 1.29 is 24.2 Å². The molecule has 0 saturated carbocycles. The third-order valence-corrected chi connectivity index (χ3v) is 7.91. The number of hydrogen-bond acceptors (Lipinski definition) is 3. The number of phenolic OH excluding ortho intramolecular Hbond substituents is 1. The summed E-state index contributed by atoms with van der Waals surface area (Å²) in [5.41, 5.74) is 3.08. The first-order chi connectivity index (χ1) is 12.6. The molecular formula is C18H20I3O5P. The zero-order chi connectivity index (χ0) is 20.4. The van der Waals surface area contributed by atoms with Gasteiger partial charge in [0.25, 0.3) is 0 Å². The van der Waals surface area contributed by atoms with Crippen LogP contribution < -0.4 is 4.74 Å². The van der Waals surface area contributed by atoms with E-state index in [1.54, 1.807) is 12.1 Å². The summed E-state index contributed by atoms with van der Waals surface area (Å²) in [4.78, 5) is 18.6. The van der Waals surface area contributed by atoms with Crippen molar-refractivity contribution in [2.75, 3.05) is 6.16 Å². The lowest BCUT2D eigenvalue weighted by molar-refractivity contribution is 0.373. The van der Waals surface area contributed by atoms with E-state index in [1.165, 1.54) is 0 Å². The molecule has 0 aliphatic heterocycles. The monoisotopic (exact) mass is 728 g/mol. The third kappa shape index (κ3) is 5.94. The van der Waals surface area contributed by atoms with Gasteiger partial charge >= 0.3 is 7.60 Å². The quantitative estimate of drug-likeness (QED) is 0.247. The Hall–Kier alpha value is 0.380. The standard InChI is InChI=1S/C18H20I3O5P/c1-3-11-13(7-8-27(23,24)25)12(4-2)17(21)18(16(11)20)26-15-6-5-10(19)9-14(15)22/h5-6,9,22H,3-4,7-8H2,1-2H3,(H2,23,24,25). The maximum Gasteiger partial charge on any atom is 0.325 e. The molecule has 0 aliphatic carbocycles. The molecule has 0 atom stereocenters. The molecule has 0 fully saturated rings. The summed E-state index contributed by atoms with van der Waals surface area (Å²) in [5.74, 6) is 1.15. The van der Waals surface area contributed by atoms with Gasteiger partial charge in [-0.05, 0) is 122 Å². The molecular weight excluding hydrogens is 708 g/mol. The van der Waals surface area contributed by atoms with Crippen molar-refractivity contribution in [3.05, 3.63) is 45.6 Å². The van der Waals surface area contributed by atoms with Gasteiger partial charge in [0, 0.05) is 3.57 Å². The third-order valence-electron chi connectivity index (χ3n) is 4.15. The van der Waals surface area contributed by atoms with Crippen LogP contribution in [0.2, 0.25) is 0 Å². The molecule has 0 amide bonds. The molecule has 2 rings (SSSR count). The van der Waals surface area contributed by atoms with Crippen LogP contribution in [0, 0.1) is 10.7 Å². The van der Waals surface area contributed by atoms with E-state index < -0.39 is 7.60 Å². The number of rotatable bonds is 7. The highest BCUT2D eigenvalue weighted by Gasteiger charge is 2.24. The van der Waals surface area contributed by atoms with Crippen molar-refractivity contribution in [3.8, 4) is 17.2 Å². The lowest BCUT2D eigenvalue weighted by Gasteiger charge is -2.22. The minimum absolute atomic E-state index is 0.0789. The summed E-state index contributed by atoms with van der Waals surface area (Å²) >= 11 is 6.57. The molecule has 5 nitrogen and oxygen atoms in total. The average molecular weight is 728 g/mol. The Kier molecular flexibility index (Phi) is 8.70. The molecule has 0 aliphatic rings. The van der Waals surface area contributed by atoms with Crippen LogP contribution in [-0.4, -0.2) is 21.1 Å². The molecule has 2 aromatic carbocycles. The van der Waals surface area contributed by atoms with Gasteiger partial charge in [-0.15, -0.1) is 0 Å². The van der Waals surface area contributed by atoms with Crippen molar-refractivity contribution in [2.24, 2.45) is 0 Å². The van der Waals surface area contributed by atoms with Crippen LogP contribution >= 0.6 is 75.4 Å². The Bertz CT molecular complexity index is 864. The number of halogens is 3. The molecule has 0 heterocycles. The molecule has 0 aromatic heterocycles. The Morgan fingerprint density at radius 3 is 2.00 bits per heavy atom. The molecule has 9 heteroatoms. The van der Waals surface area contributed by atoms with E-state index in [0.29, 0.717) is 17.9 Å². The normalized spacial score (nSPS) is 11.7. The van der Waals surface area contributed by atoms with Gasteiger partial charge in [-0.3, -0.25) is 4.57 Å². The second-order valence-corrected chi connectivity index (χ2v) is 11.1. The zero-order valence-corrected chi connectivity index (χ0v) is 22.2. The lowest BCUT2D eigenvalue weighted by Crippen LogP contribution is -2.09. The molecule has 2 aromatic rings. The van der Waals surface area contributed by atoms with Gasteiger partial charge < -0.3 is 19.6 Å². The fourth-order valence-corrected chi connectivity index (χ4v) is 6.57. The van der Waals surface area contributed by atoms with Crippen LogP contribution in [0.25, 0.3) is 0 Å². The Labute approximate surface area is 199 Å². The summed E-state index contributed by atoms with van der Waals surface area (Å²) < 4.78 is 20.2. The van der Waals surface area contributed by atoms with E-state index in [4.69, 9.17) is 4.74 Å². The van der Waals surface area contributed by atoms with Crippen LogP contribution in [0.15, 0.2) is 18.2 Å². The molecule has 0 unspecified atom stereocenters. The molecule has 0 radical (unpaired) electrons. The number of aromatic hydroxyl groups is 1. The minimum atomic E-state index is -4.07. The second-order valence-electron chi connectivity index (χ2n) is 5.95. The predicted molar refractivity (Wildman–Crippen MR) is 132 cm³/mol. The molecule has 27 heavy (non-hydrogen) atoms. The summed E-state index contributed by atoms with van der Waals surface area (Å²) in [6.07, 6.45) is 1.62. The van der Waals surface area contributed by atoms with E-state index >= 15 is 0 Å². The van der Waals surface area contributed by atoms with E-state index in [2.05, 4.69) is 67.8 Å². The van der Waals surface area contributed by atoms with Gasteiger partial charge in [0.05, 0.1) is 13.3 Å². The Balaban J connectivity index is 2.57. The second kappa shape index (κ2) is 9.92. The summed E-state index contributed by atoms with van der Waals surface area (Å²) in [5, 5.41) is 10.2. The highest BCUT2D eigenvalue weighted by molar-refractivity contribution is 14.1. The van der Waals surface area contributed by atoms with Crippen LogP contribution in [0.1, 0.15) is 30.5 Å². The van der Waals surface area contributed by atoms with Crippen molar-refractivity contribution in [1.29, 1.82) is 0 Å². The van der Waals surface area contributed by atoms with Gasteiger partial charge in [0.2, 0.25) is 0 Å². The zero-order valence-electron chi connectivity index (χ0n) is 14.8. The SMILES string of the molecule is CCc1c(I)c(Oc2ccc(I)cc2O)c(I)c(CC)c1CCP(=O)(O)O. The molecule has 148 valence electrons. The summed E-state index contributed by atoms with van der Waals surface area (Å²) in [7, 11) is -4.07. The van der Waals surface area contributed by atoms with E-state index in [1.807, 2.05) is 19.9 Å². The molecule has 0 bridgehead atoms. The van der Waals surface area contributed by atoms with Crippen molar-refractivity contribution in [3.63, 3.8) is 0 Å². The first kappa shape index (κ1) is 23.7. The molecule has 0 saturated heterocycles. The summed E-state index contributed by atoms with van der Waals surface area (Å²) in [6.45, 7) is 4.05. The first-order valence-corrected chi connectivity index (χ1v) is 13.3. The predicted octanol–water partition coefficient (Wildman–Crippen LogP) is 5.84. The van der Waals surface area contributed by atoms with Crippen LogP contribution in [0.5, 0.6) is 17.2 Å². The maximum atomic E-state index is 11.4. The lowest BCUT2D eigenvalue weighted by atomic mass is 9.95. The van der Waals surface area contributed by atoms with Crippen molar-refractivity contribution in [1.82, 2.24) is 0 Å². The van der Waals surface area contributed by atoms with Crippen LogP contribution in [0.4, 0.5) is 0 Å². The maximum absolute atomic E-state index is 11.4. The number of benzene rings is 2. The largest absolute Gasteiger partial charge is 0.504 e. The van der Waals surface area contributed by atoms with Gasteiger partial charge in [0.15, 0.2) is 17.2 Å². The fourth-order valence-electron chi connectivity index (χ4n) is 2.89. The smallest absolute Gasteiger partial charge is 0.325 e. The fraction of sp³-hybridized carbons (Fsp3) is 0.333. The first-order valence-electron chi connectivity index (χ1n) is 8.31. The van der Waals surface area contributed by atoms with Crippen LogP contribution in [0.3, 0.4) is 0 Å². The number of ether oxygens (including phenoxy) is 1. The van der Waals surface area contributed by atoms with E-state index in [-0.39, 0.29) is 11.9 Å². The van der Waals surface area contributed by atoms with E-state index in [9.17, 15) is 19.5 Å². The van der Waals surface area contributed by atoms with Crippen LogP contribution in [-0.2, 0) is 23.8 Å². The highest BCUT2D eigenvalue weighted by Crippen LogP contribution is 2.43. The van der Waals surface area contributed by atoms with Gasteiger partial charge in [0.1, 0.15) is 0 Å². The van der Waals surface area contributed by atoms with Crippen molar-refractivity contribution >= 4 is 75.4 Å². The highest BCUT2D eigenvalue weighted by atomic mass is 127. The number of phenols is 1. The number of hydrogen-bond donors (Lipinski definition) is 3. The Morgan fingerprint density at radius 1 is 1.00 bits per heavy atom. The minimum Gasteiger partial charge on any atom is -0.504 e. The van der Waals surface area contributed by atoms with Gasteiger partial charge in [-0.2, -0.15) is 0 Å². The average Bonchev–Trinajstić information content (AvgIpc) is 2.57. The summed E-state index contributed by atoms with van der Waals surface area (Å²) in [6, 6.07) is 5.25. The van der Waals surface area contributed by atoms with Gasteiger partial charge in [-0.25, -0.2) is 0 Å². The van der Waals surface area contributed by atoms with Crippen molar-refractivity contribution in [2.45, 2.75) is 33.1 Å². The van der Waals surface area contributed by atoms with Gasteiger partial charge in [-0.1, -0.05) is 13.8 Å². The van der Waals surface area contributed by atoms with E-state index in [0.717, 1.165) is 40.2 Å². The topological polar surface area (TPSA) is 87.0 Å².